The Morgan fingerprint density at radius 3 is 2.62 bits per heavy atom. The summed E-state index contributed by atoms with van der Waals surface area (Å²) < 4.78 is 12.9. The highest BCUT2D eigenvalue weighted by Gasteiger charge is 2.18. The molecule has 2 rings (SSSR count). The Bertz CT molecular complexity index is 625. The van der Waals surface area contributed by atoms with E-state index in [0.29, 0.717) is 5.69 Å². The van der Waals surface area contributed by atoms with Gasteiger partial charge in [-0.3, -0.25) is 4.79 Å². The summed E-state index contributed by atoms with van der Waals surface area (Å²) in [5, 5.41) is 28.8. The summed E-state index contributed by atoms with van der Waals surface area (Å²) in [4.78, 5) is 13.1. The van der Waals surface area contributed by atoms with Crippen LogP contribution >= 0.6 is 0 Å². The van der Waals surface area contributed by atoms with E-state index in [4.69, 9.17) is 5.11 Å². The number of aromatic nitrogens is 3. The molecule has 3 N–H and O–H groups in total. The third-order valence-electron chi connectivity index (χ3n) is 2.66. The molecule has 1 amide bonds. The number of aliphatic hydroxyl groups excluding tert-OH is 2. The number of nitrogens with one attached hydrogen (secondary N) is 1. The smallest absolute Gasteiger partial charge is 0.273 e. The number of aliphatic hydroxyl groups is 2. The molecular weight excluding hydrogens is 279 g/mol. The maximum absolute atomic E-state index is 12.9. The first-order chi connectivity index (χ1) is 10.0. The maximum atomic E-state index is 12.9. The van der Waals surface area contributed by atoms with Crippen molar-refractivity contribution in [1.82, 2.24) is 20.3 Å². The van der Waals surface area contributed by atoms with Gasteiger partial charge in [0.2, 0.25) is 0 Å². The van der Waals surface area contributed by atoms with E-state index in [1.807, 2.05) is 0 Å². The van der Waals surface area contributed by atoms with Gasteiger partial charge >= 0.3 is 0 Å². The van der Waals surface area contributed by atoms with Gasteiger partial charge in [0, 0.05) is 6.54 Å². The lowest BCUT2D eigenvalue weighted by molar-refractivity contribution is 0.0915. The molecule has 0 aliphatic rings. The summed E-state index contributed by atoms with van der Waals surface area (Å²) in [6, 6.07) is 5.39. The van der Waals surface area contributed by atoms with Gasteiger partial charge in [-0.15, -0.1) is 10.2 Å². The molecule has 0 unspecified atom stereocenters. The van der Waals surface area contributed by atoms with Crippen LogP contribution in [-0.4, -0.2) is 43.8 Å². The third kappa shape index (κ3) is 3.61. The van der Waals surface area contributed by atoms with Crippen LogP contribution in [0, 0.1) is 5.82 Å². The summed E-state index contributed by atoms with van der Waals surface area (Å²) in [7, 11) is 0. The Labute approximate surface area is 120 Å². The van der Waals surface area contributed by atoms with E-state index in [-0.39, 0.29) is 17.9 Å². The van der Waals surface area contributed by atoms with Crippen LogP contribution < -0.4 is 5.32 Å². The molecule has 2 aromatic rings. The van der Waals surface area contributed by atoms with E-state index in [2.05, 4.69) is 15.5 Å². The first-order valence-electron chi connectivity index (χ1n) is 6.30. The van der Waals surface area contributed by atoms with Crippen LogP contribution in [0.2, 0.25) is 0 Å². The largest absolute Gasteiger partial charge is 0.392 e. The topological polar surface area (TPSA) is 100 Å². The lowest BCUT2D eigenvalue weighted by Gasteiger charge is -2.05. The van der Waals surface area contributed by atoms with Crippen molar-refractivity contribution >= 4 is 5.91 Å². The summed E-state index contributed by atoms with van der Waals surface area (Å²) in [6.07, 6.45) is -0.696. The number of benzene rings is 1. The molecule has 1 heterocycles. The molecule has 1 aromatic carbocycles. The van der Waals surface area contributed by atoms with Crippen LogP contribution in [0.1, 0.15) is 23.1 Å². The van der Waals surface area contributed by atoms with Crippen molar-refractivity contribution in [2.24, 2.45) is 0 Å². The fraction of sp³-hybridized carbons (Fsp3) is 0.308. The van der Waals surface area contributed by atoms with Crippen LogP contribution in [0.4, 0.5) is 4.39 Å². The van der Waals surface area contributed by atoms with E-state index in [0.717, 1.165) is 4.80 Å². The molecule has 1 aromatic heterocycles. The second-order valence-corrected chi connectivity index (χ2v) is 4.48. The quantitative estimate of drug-likeness (QED) is 0.721. The highest BCUT2D eigenvalue weighted by Crippen LogP contribution is 2.10. The summed E-state index contributed by atoms with van der Waals surface area (Å²) in [5.41, 5.74) is 0.519. The predicted octanol–water partition coefficient (Wildman–Crippen LogP) is 0.00930. The van der Waals surface area contributed by atoms with Gasteiger partial charge in [-0.05, 0) is 31.2 Å². The fourth-order valence-electron chi connectivity index (χ4n) is 1.63. The van der Waals surface area contributed by atoms with Gasteiger partial charge in [0.1, 0.15) is 11.5 Å². The van der Waals surface area contributed by atoms with E-state index < -0.39 is 24.4 Å². The first kappa shape index (κ1) is 15.1. The zero-order valence-electron chi connectivity index (χ0n) is 11.3. The minimum Gasteiger partial charge on any atom is -0.392 e. The number of hydrogen-bond donors (Lipinski definition) is 3. The number of amides is 1. The molecule has 0 fully saturated rings. The summed E-state index contributed by atoms with van der Waals surface area (Å²) >= 11 is 0. The molecule has 0 saturated carbocycles. The van der Waals surface area contributed by atoms with Crippen molar-refractivity contribution in [2.45, 2.75) is 19.6 Å². The van der Waals surface area contributed by atoms with Crippen molar-refractivity contribution in [1.29, 1.82) is 0 Å². The molecule has 0 saturated heterocycles. The van der Waals surface area contributed by atoms with Gasteiger partial charge in [0.15, 0.2) is 5.69 Å². The van der Waals surface area contributed by atoms with Crippen LogP contribution in [0.25, 0.3) is 5.69 Å². The highest BCUT2D eigenvalue weighted by molar-refractivity contribution is 5.93. The lowest BCUT2D eigenvalue weighted by atomic mass is 10.3. The number of carbonyl (C=O) groups is 1. The minimum absolute atomic E-state index is 0.0394. The number of carbonyl (C=O) groups excluding carboxylic acids is 1. The normalized spacial score (nSPS) is 12.2. The molecular formula is C13H15FN4O3. The fourth-order valence-corrected chi connectivity index (χ4v) is 1.63. The second-order valence-electron chi connectivity index (χ2n) is 4.48. The van der Waals surface area contributed by atoms with Crippen molar-refractivity contribution in [3.63, 3.8) is 0 Å². The SMILES string of the molecule is C[C@H](O)CNC(=O)c1nn(-c2ccc(F)cc2)nc1CO. The van der Waals surface area contributed by atoms with E-state index in [1.165, 1.54) is 31.2 Å². The number of rotatable bonds is 5. The molecule has 0 aliphatic heterocycles. The number of halogens is 1. The maximum Gasteiger partial charge on any atom is 0.273 e. The molecule has 112 valence electrons. The van der Waals surface area contributed by atoms with Gasteiger partial charge in [0.25, 0.3) is 5.91 Å². The number of nitrogens with zero attached hydrogens (tertiary/aromatic N) is 3. The second kappa shape index (κ2) is 6.42. The highest BCUT2D eigenvalue weighted by atomic mass is 19.1. The van der Waals surface area contributed by atoms with Gasteiger partial charge in [-0.2, -0.15) is 4.80 Å². The van der Waals surface area contributed by atoms with E-state index in [9.17, 15) is 14.3 Å². The van der Waals surface area contributed by atoms with Crippen LogP contribution in [0.3, 0.4) is 0 Å². The van der Waals surface area contributed by atoms with Gasteiger partial charge in [0.05, 0.1) is 18.4 Å². The van der Waals surface area contributed by atoms with E-state index in [1.54, 1.807) is 0 Å². The molecule has 0 aliphatic carbocycles. The Hall–Kier alpha value is -2.32. The lowest BCUT2D eigenvalue weighted by Crippen LogP contribution is -2.31. The summed E-state index contributed by atoms with van der Waals surface area (Å²) in [5.74, 6) is -0.948. The zero-order valence-corrected chi connectivity index (χ0v) is 11.3. The van der Waals surface area contributed by atoms with Crippen molar-refractivity contribution < 1.29 is 19.4 Å². The Balaban J connectivity index is 2.26. The van der Waals surface area contributed by atoms with Gasteiger partial charge in [-0.25, -0.2) is 4.39 Å². The van der Waals surface area contributed by atoms with Crippen molar-refractivity contribution in [3.8, 4) is 5.69 Å². The molecule has 7 nitrogen and oxygen atoms in total. The summed E-state index contributed by atoms with van der Waals surface area (Å²) in [6.45, 7) is 1.13. The van der Waals surface area contributed by atoms with Crippen LogP contribution in [0.5, 0.6) is 0 Å². The average molecular weight is 294 g/mol. The average Bonchev–Trinajstić information content (AvgIpc) is 2.89. The number of hydrogen-bond acceptors (Lipinski definition) is 5. The first-order valence-corrected chi connectivity index (χ1v) is 6.30. The third-order valence-corrected chi connectivity index (χ3v) is 2.66. The zero-order chi connectivity index (χ0) is 15.4. The van der Waals surface area contributed by atoms with Crippen LogP contribution in [-0.2, 0) is 6.61 Å². The molecule has 1 atom stereocenters. The van der Waals surface area contributed by atoms with Crippen LogP contribution in [0.15, 0.2) is 24.3 Å². The van der Waals surface area contributed by atoms with Crippen molar-refractivity contribution in [3.05, 3.63) is 41.5 Å². The standard InChI is InChI=1S/C13H15FN4O3/c1-8(20)6-15-13(21)12-11(7-19)16-18(17-12)10-4-2-9(14)3-5-10/h2-5,8,19-20H,6-7H2,1H3,(H,15,21)/t8-/m0/s1. The molecule has 0 bridgehead atoms. The molecule has 0 radical (unpaired) electrons. The van der Waals surface area contributed by atoms with Gasteiger partial charge in [-0.1, -0.05) is 0 Å². The molecule has 8 heteroatoms. The Kier molecular flexibility index (Phi) is 4.61. The van der Waals surface area contributed by atoms with E-state index >= 15 is 0 Å². The minimum atomic E-state index is -0.696. The van der Waals surface area contributed by atoms with Gasteiger partial charge < -0.3 is 15.5 Å². The molecule has 21 heavy (non-hydrogen) atoms. The Morgan fingerprint density at radius 1 is 1.38 bits per heavy atom. The van der Waals surface area contributed by atoms with Crippen molar-refractivity contribution in [2.75, 3.05) is 6.54 Å². The molecule has 0 spiro atoms. The predicted molar refractivity (Wildman–Crippen MR) is 71.3 cm³/mol. The Morgan fingerprint density at radius 2 is 2.05 bits per heavy atom. The monoisotopic (exact) mass is 294 g/mol.